The Labute approximate surface area is 212 Å². The van der Waals surface area contributed by atoms with Crippen molar-refractivity contribution in [2.75, 3.05) is 24.5 Å². The van der Waals surface area contributed by atoms with Crippen molar-refractivity contribution >= 4 is 52.1 Å². The number of fused-ring (bicyclic) bond motifs is 1. The van der Waals surface area contributed by atoms with Gasteiger partial charge in [0.25, 0.3) is 0 Å². The van der Waals surface area contributed by atoms with Gasteiger partial charge in [0.05, 0.1) is 14.7 Å². The average molecular weight is 573 g/mol. The van der Waals surface area contributed by atoms with E-state index < -0.39 is 25.0 Å². The van der Waals surface area contributed by atoms with Crippen LogP contribution >= 0.6 is 15.9 Å². The van der Waals surface area contributed by atoms with Gasteiger partial charge in [0.2, 0.25) is 19.7 Å². The summed E-state index contributed by atoms with van der Waals surface area (Å²) in [5.41, 5.74) is 0.776. The Balaban J connectivity index is 1.46. The maximum absolute atomic E-state index is 13.5. The van der Waals surface area contributed by atoms with Crippen LogP contribution < -0.4 is 10.2 Å². The van der Waals surface area contributed by atoms with E-state index in [9.17, 15) is 16.8 Å². The van der Waals surface area contributed by atoms with E-state index in [2.05, 4.69) is 26.2 Å². The molecular weight excluding hydrogens is 550 g/mol. The Bertz CT molecular complexity index is 1590. The van der Waals surface area contributed by atoms with Crippen LogP contribution in [0.3, 0.4) is 0 Å². The predicted octanol–water partition coefficient (Wildman–Crippen LogP) is 4.04. The van der Waals surface area contributed by atoms with E-state index >= 15 is 0 Å². The molecule has 0 amide bonds. The lowest BCUT2D eigenvalue weighted by Gasteiger charge is -2.37. The molecule has 2 heterocycles. The Kier molecular flexibility index (Phi) is 6.39. The molecule has 5 rings (SSSR count). The molecule has 3 aromatic carbocycles. The van der Waals surface area contributed by atoms with Crippen molar-refractivity contribution in [1.82, 2.24) is 10.3 Å². The average Bonchev–Trinajstić information content (AvgIpc) is 2.89. The summed E-state index contributed by atoms with van der Waals surface area (Å²) in [4.78, 5) is 6.13. The molecular formula is C25H22BrN3O4S2. The molecule has 1 saturated heterocycles. The van der Waals surface area contributed by atoms with Gasteiger partial charge in [-0.05, 0) is 71.4 Å². The number of anilines is 1. The lowest BCUT2D eigenvalue weighted by atomic mass is 10.1. The van der Waals surface area contributed by atoms with E-state index in [0.29, 0.717) is 13.1 Å². The molecule has 1 atom stereocenters. The van der Waals surface area contributed by atoms with E-state index in [1.165, 1.54) is 24.3 Å². The highest BCUT2D eigenvalue weighted by atomic mass is 79.9. The molecule has 7 nitrogen and oxygen atoms in total. The summed E-state index contributed by atoms with van der Waals surface area (Å²) in [6.07, 6.45) is 3.26. The highest BCUT2D eigenvalue weighted by Gasteiger charge is 2.35. The minimum Gasteiger partial charge on any atom is -0.352 e. The Morgan fingerprint density at radius 2 is 1.43 bits per heavy atom. The van der Waals surface area contributed by atoms with E-state index in [0.717, 1.165) is 20.9 Å². The number of hydrogen-bond acceptors (Lipinski definition) is 7. The maximum atomic E-state index is 13.5. The monoisotopic (exact) mass is 571 g/mol. The van der Waals surface area contributed by atoms with Gasteiger partial charge in [-0.1, -0.05) is 28.1 Å². The zero-order chi connectivity index (χ0) is 24.6. The zero-order valence-electron chi connectivity index (χ0n) is 18.5. The first-order chi connectivity index (χ1) is 16.8. The summed E-state index contributed by atoms with van der Waals surface area (Å²) < 4.78 is 54.5. The van der Waals surface area contributed by atoms with Crippen LogP contribution in [0.5, 0.6) is 0 Å². The molecule has 0 bridgehead atoms. The molecule has 4 aromatic rings. The third-order valence-electron chi connectivity index (χ3n) is 6.10. The van der Waals surface area contributed by atoms with E-state index in [1.54, 1.807) is 42.7 Å². The first-order valence-corrected chi connectivity index (χ1v) is 14.7. The van der Waals surface area contributed by atoms with Crippen LogP contribution in [-0.4, -0.2) is 46.8 Å². The van der Waals surface area contributed by atoms with Crippen LogP contribution in [0.15, 0.2) is 104 Å². The number of rotatable bonds is 5. The molecule has 180 valence electrons. The standard InChI is InChI=1S/C25H22BrN3O4S2/c26-20-3-1-19-16-24(4-2-18(19)15-20)34(30,31)22-5-7-23(8-6-22)35(32,33)25-17-28-13-14-29(25)21-9-11-27-12-10-21/h1-12,15-16,25,28H,13-14,17H2. The lowest BCUT2D eigenvalue weighted by molar-refractivity contribution is 0.518. The second-order valence-corrected chi connectivity index (χ2v) is 13.2. The number of sulfone groups is 2. The number of piperazine rings is 1. The molecule has 0 aliphatic carbocycles. The number of aromatic nitrogens is 1. The van der Waals surface area contributed by atoms with Gasteiger partial charge in [-0.2, -0.15) is 0 Å². The highest BCUT2D eigenvalue weighted by Crippen LogP contribution is 2.29. The molecule has 0 radical (unpaired) electrons. The molecule has 10 heteroatoms. The normalized spacial score (nSPS) is 16.9. The largest absolute Gasteiger partial charge is 0.352 e. The molecule has 1 aliphatic rings. The number of pyridine rings is 1. The van der Waals surface area contributed by atoms with Gasteiger partial charge in [0.15, 0.2) is 0 Å². The molecule has 35 heavy (non-hydrogen) atoms. The predicted molar refractivity (Wildman–Crippen MR) is 139 cm³/mol. The van der Waals surface area contributed by atoms with Gasteiger partial charge in [-0.15, -0.1) is 0 Å². The smallest absolute Gasteiger partial charge is 0.206 e. The SMILES string of the molecule is O=S(=O)(c1ccc(S(=O)(=O)C2CNCCN2c2ccncc2)cc1)c1ccc2cc(Br)ccc2c1. The van der Waals surface area contributed by atoms with Crippen LogP contribution in [-0.2, 0) is 19.7 Å². The summed E-state index contributed by atoms with van der Waals surface area (Å²) in [5, 5.41) is 4.05. The van der Waals surface area contributed by atoms with Crippen LogP contribution in [0.25, 0.3) is 10.8 Å². The molecule has 1 aliphatic heterocycles. The second-order valence-electron chi connectivity index (χ2n) is 8.23. The third-order valence-corrected chi connectivity index (χ3v) is 10.4. The topological polar surface area (TPSA) is 96.4 Å². The van der Waals surface area contributed by atoms with Crippen molar-refractivity contribution in [1.29, 1.82) is 0 Å². The highest BCUT2D eigenvalue weighted by molar-refractivity contribution is 9.10. The Hall–Kier alpha value is -2.79. The van der Waals surface area contributed by atoms with Gasteiger partial charge >= 0.3 is 0 Å². The summed E-state index contributed by atoms with van der Waals surface area (Å²) in [6, 6.07) is 19.6. The fourth-order valence-electron chi connectivity index (χ4n) is 4.25. The van der Waals surface area contributed by atoms with Crippen molar-refractivity contribution in [3.63, 3.8) is 0 Å². The van der Waals surface area contributed by atoms with Crippen molar-refractivity contribution in [2.45, 2.75) is 20.1 Å². The van der Waals surface area contributed by atoms with E-state index in [-0.39, 0.29) is 21.2 Å². The molecule has 0 saturated carbocycles. The fraction of sp³-hybridized carbons (Fsp3) is 0.160. The number of benzene rings is 3. The summed E-state index contributed by atoms with van der Waals surface area (Å²) in [6.45, 7) is 1.45. The first-order valence-electron chi connectivity index (χ1n) is 10.9. The lowest BCUT2D eigenvalue weighted by Crippen LogP contribution is -2.55. The number of nitrogens with zero attached hydrogens (tertiary/aromatic N) is 2. The second kappa shape index (κ2) is 9.34. The van der Waals surface area contributed by atoms with Crippen LogP contribution in [0.1, 0.15) is 0 Å². The van der Waals surface area contributed by atoms with Crippen LogP contribution in [0, 0.1) is 0 Å². The van der Waals surface area contributed by atoms with Crippen LogP contribution in [0.4, 0.5) is 5.69 Å². The number of halogens is 1. The van der Waals surface area contributed by atoms with Crippen LogP contribution in [0.2, 0.25) is 0 Å². The number of hydrogen-bond donors (Lipinski definition) is 1. The summed E-state index contributed by atoms with van der Waals surface area (Å²) >= 11 is 3.42. The first kappa shape index (κ1) is 23.9. The minimum absolute atomic E-state index is 0.0423. The molecule has 0 spiro atoms. The van der Waals surface area contributed by atoms with Gasteiger partial charge in [-0.3, -0.25) is 4.98 Å². The summed E-state index contributed by atoms with van der Waals surface area (Å²) in [7, 11) is -7.59. The van der Waals surface area contributed by atoms with Gasteiger partial charge in [0, 0.05) is 42.2 Å². The van der Waals surface area contributed by atoms with Gasteiger partial charge < -0.3 is 10.2 Å². The van der Waals surface area contributed by atoms with Crippen molar-refractivity contribution in [3.8, 4) is 0 Å². The maximum Gasteiger partial charge on any atom is 0.206 e. The Morgan fingerprint density at radius 3 is 2.17 bits per heavy atom. The van der Waals surface area contributed by atoms with Crippen molar-refractivity contribution < 1.29 is 16.8 Å². The van der Waals surface area contributed by atoms with E-state index in [1.807, 2.05) is 23.1 Å². The number of nitrogens with one attached hydrogen (secondary N) is 1. The molecule has 1 N–H and O–H groups in total. The third kappa shape index (κ3) is 4.58. The van der Waals surface area contributed by atoms with Crippen molar-refractivity contribution in [3.05, 3.63) is 89.7 Å². The molecule has 1 fully saturated rings. The van der Waals surface area contributed by atoms with Gasteiger partial charge in [0.1, 0.15) is 5.37 Å². The quantitative estimate of drug-likeness (QED) is 0.386. The van der Waals surface area contributed by atoms with E-state index in [4.69, 9.17) is 0 Å². The minimum atomic E-state index is -3.82. The summed E-state index contributed by atoms with van der Waals surface area (Å²) in [5.74, 6) is 0. The van der Waals surface area contributed by atoms with Gasteiger partial charge in [-0.25, -0.2) is 16.8 Å². The molecule has 1 unspecified atom stereocenters. The van der Waals surface area contributed by atoms with Crippen molar-refractivity contribution in [2.24, 2.45) is 0 Å². The Morgan fingerprint density at radius 1 is 0.800 bits per heavy atom. The zero-order valence-corrected chi connectivity index (χ0v) is 21.7. The molecule has 1 aromatic heterocycles. The fourth-order valence-corrected chi connectivity index (χ4v) is 7.65.